The number of nitrogens with one attached hydrogen (secondary N) is 1. The molecule has 0 radical (unpaired) electrons. The van der Waals surface area contributed by atoms with Crippen molar-refractivity contribution in [2.45, 2.75) is 58.8 Å². The smallest absolute Gasteiger partial charge is 0.255 e. The highest BCUT2D eigenvalue weighted by atomic mass is 16.5. The lowest BCUT2D eigenvalue weighted by atomic mass is 9.98. The lowest BCUT2D eigenvalue weighted by Gasteiger charge is -2.08. The van der Waals surface area contributed by atoms with Crippen LogP contribution in [-0.2, 0) is 0 Å². The maximum Gasteiger partial charge on any atom is 0.255 e. The first kappa shape index (κ1) is 24.5. The number of carbonyl (C=O) groups is 1. The van der Waals surface area contributed by atoms with Gasteiger partial charge in [0.25, 0.3) is 5.91 Å². The Balaban J connectivity index is 1.36. The molecule has 1 aromatic heterocycles. The van der Waals surface area contributed by atoms with Crippen LogP contribution in [0, 0.1) is 0 Å². The van der Waals surface area contributed by atoms with E-state index in [4.69, 9.17) is 9.15 Å². The van der Waals surface area contributed by atoms with Crippen molar-refractivity contribution in [1.29, 1.82) is 0 Å². The minimum Gasteiger partial charge on any atom is -0.494 e. The van der Waals surface area contributed by atoms with Crippen LogP contribution in [0.3, 0.4) is 0 Å². The predicted octanol–water partition coefficient (Wildman–Crippen LogP) is 8.22. The summed E-state index contributed by atoms with van der Waals surface area (Å²) in [6.45, 7) is 7.30. The average Bonchev–Trinajstić information content (AvgIpc) is 3.32. The van der Waals surface area contributed by atoms with E-state index in [2.05, 4.69) is 43.2 Å². The van der Waals surface area contributed by atoms with Gasteiger partial charge in [-0.2, -0.15) is 0 Å². The minimum absolute atomic E-state index is 0.160. The molecule has 0 saturated carbocycles. The van der Waals surface area contributed by atoms with Gasteiger partial charge in [-0.25, -0.2) is 4.98 Å². The lowest BCUT2D eigenvalue weighted by molar-refractivity contribution is 0.102. The second kappa shape index (κ2) is 11.7. The zero-order chi connectivity index (χ0) is 24.6. The SMILES string of the molecule is CCCCCCOc1ccc(C(=O)Nc2ccc(-c3nc4cc([C@H](C)CC)ccc4o3)cc2)cc1. The molecule has 0 unspecified atom stereocenters. The quantitative estimate of drug-likeness (QED) is 0.224. The molecular formula is C30H34N2O3. The van der Waals surface area contributed by atoms with Gasteiger partial charge >= 0.3 is 0 Å². The number of unbranched alkanes of at least 4 members (excludes halogenated alkanes) is 3. The number of fused-ring (bicyclic) bond motifs is 1. The molecule has 1 atom stereocenters. The van der Waals surface area contributed by atoms with Crippen molar-refractivity contribution in [2.24, 2.45) is 0 Å². The molecule has 1 N–H and O–H groups in total. The van der Waals surface area contributed by atoms with Crippen LogP contribution in [0.1, 0.15) is 74.7 Å². The molecular weight excluding hydrogens is 436 g/mol. The third-order valence-electron chi connectivity index (χ3n) is 6.37. The molecule has 35 heavy (non-hydrogen) atoms. The molecule has 5 nitrogen and oxygen atoms in total. The molecule has 0 bridgehead atoms. The van der Waals surface area contributed by atoms with Crippen LogP contribution in [-0.4, -0.2) is 17.5 Å². The van der Waals surface area contributed by atoms with Crippen LogP contribution < -0.4 is 10.1 Å². The van der Waals surface area contributed by atoms with Crippen LogP contribution in [0.4, 0.5) is 5.69 Å². The highest BCUT2D eigenvalue weighted by molar-refractivity contribution is 6.04. The normalized spacial score (nSPS) is 12.0. The van der Waals surface area contributed by atoms with E-state index in [1.54, 1.807) is 12.1 Å². The summed E-state index contributed by atoms with van der Waals surface area (Å²) in [5.41, 5.74) is 5.07. The fraction of sp³-hybridized carbons (Fsp3) is 0.333. The van der Waals surface area contributed by atoms with Crippen molar-refractivity contribution in [3.8, 4) is 17.2 Å². The van der Waals surface area contributed by atoms with Crippen LogP contribution in [0.2, 0.25) is 0 Å². The predicted molar refractivity (Wildman–Crippen MR) is 142 cm³/mol. The standard InChI is InChI=1S/C30H34N2O3/c1-4-6-7-8-19-34-26-16-11-22(12-17-26)29(33)31-25-14-9-23(10-15-25)30-32-27-20-24(21(3)5-2)13-18-28(27)35-30/h9-18,20-21H,4-8,19H2,1-3H3,(H,31,33)/t21-/m1/s1. The van der Waals surface area contributed by atoms with E-state index in [-0.39, 0.29) is 5.91 Å². The second-order valence-corrected chi connectivity index (χ2v) is 9.02. The summed E-state index contributed by atoms with van der Waals surface area (Å²) < 4.78 is 11.7. The van der Waals surface area contributed by atoms with Gasteiger partial charge in [0.1, 0.15) is 11.3 Å². The minimum atomic E-state index is -0.160. The van der Waals surface area contributed by atoms with Crippen molar-refractivity contribution in [2.75, 3.05) is 11.9 Å². The average molecular weight is 471 g/mol. The number of carbonyl (C=O) groups excluding carboxylic acids is 1. The highest BCUT2D eigenvalue weighted by Crippen LogP contribution is 2.28. The first-order chi connectivity index (χ1) is 17.1. The zero-order valence-corrected chi connectivity index (χ0v) is 20.8. The number of amides is 1. The highest BCUT2D eigenvalue weighted by Gasteiger charge is 2.12. The number of hydrogen-bond acceptors (Lipinski definition) is 4. The Labute approximate surface area is 207 Å². The first-order valence-corrected chi connectivity index (χ1v) is 12.6. The van der Waals surface area contributed by atoms with Gasteiger partial charge in [-0.05, 0) is 85.0 Å². The summed E-state index contributed by atoms with van der Waals surface area (Å²) in [6, 6.07) is 21.0. The van der Waals surface area contributed by atoms with Gasteiger partial charge < -0.3 is 14.5 Å². The van der Waals surface area contributed by atoms with E-state index in [0.717, 1.165) is 35.3 Å². The Bertz CT molecular complexity index is 1240. The van der Waals surface area contributed by atoms with Crippen molar-refractivity contribution in [1.82, 2.24) is 4.98 Å². The van der Waals surface area contributed by atoms with Gasteiger partial charge in [0.2, 0.25) is 5.89 Å². The van der Waals surface area contributed by atoms with Crippen LogP contribution >= 0.6 is 0 Å². The summed E-state index contributed by atoms with van der Waals surface area (Å²) in [7, 11) is 0. The molecule has 1 heterocycles. The molecule has 1 amide bonds. The zero-order valence-electron chi connectivity index (χ0n) is 20.8. The molecule has 3 aromatic carbocycles. The maximum absolute atomic E-state index is 12.7. The van der Waals surface area contributed by atoms with Crippen molar-refractivity contribution in [3.05, 3.63) is 77.9 Å². The summed E-state index contributed by atoms with van der Waals surface area (Å²) in [6.07, 6.45) is 5.76. The third-order valence-corrected chi connectivity index (χ3v) is 6.37. The summed E-state index contributed by atoms with van der Waals surface area (Å²) >= 11 is 0. The molecule has 0 aliphatic rings. The summed E-state index contributed by atoms with van der Waals surface area (Å²) in [5.74, 6) is 1.69. The molecule has 5 heteroatoms. The Morgan fingerprint density at radius 1 is 0.971 bits per heavy atom. The monoisotopic (exact) mass is 470 g/mol. The van der Waals surface area contributed by atoms with E-state index >= 15 is 0 Å². The number of hydrogen-bond donors (Lipinski definition) is 1. The molecule has 0 spiro atoms. The molecule has 0 aliphatic heterocycles. The van der Waals surface area contributed by atoms with Crippen molar-refractivity contribution >= 4 is 22.7 Å². The van der Waals surface area contributed by atoms with Gasteiger partial charge in [0.05, 0.1) is 6.61 Å². The van der Waals surface area contributed by atoms with Gasteiger partial charge in [0.15, 0.2) is 5.58 Å². The second-order valence-electron chi connectivity index (χ2n) is 9.02. The summed E-state index contributed by atoms with van der Waals surface area (Å²) in [4.78, 5) is 17.3. The lowest BCUT2D eigenvalue weighted by Crippen LogP contribution is -2.11. The third kappa shape index (κ3) is 6.30. The Hall–Kier alpha value is -3.60. The van der Waals surface area contributed by atoms with E-state index in [1.165, 1.54) is 24.8 Å². The molecule has 4 aromatic rings. The van der Waals surface area contributed by atoms with Crippen LogP contribution in [0.15, 0.2) is 71.1 Å². The fourth-order valence-corrected chi connectivity index (χ4v) is 3.93. The van der Waals surface area contributed by atoms with Crippen LogP contribution in [0.25, 0.3) is 22.6 Å². The number of aromatic nitrogens is 1. The van der Waals surface area contributed by atoms with Gasteiger partial charge in [-0.1, -0.05) is 46.1 Å². The molecule has 0 fully saturated rings. The maximum atomic E-state index is 12.7. The van der Waals surface area contributed by atoms with Gasteiger partial charge in [-0.15, -0.1) is 0 Å². The number of oxazole rings is 1. The van der Waals surface area contributed by atoms with Crippen molar-refractivity contribution in [3.63, 3.8) is 0 Å². The van der Waals surface area contributed by atoms with E-state index in [9.17, 15) is 4.79 Å². The van der Waals surface area contributed by atoms with Crippen molar-refractivity contribution < 1.29 is 13.9 Å². The van der Waals surface area contributed by atoms with E-state index in [0.29, 0.717) is 29.7 Å². The largest absolute Gasteiger partial charge is 0.494 e. The van der Waals surface area contributed by atoms with Gasteiger partial charge in [0, 0.05) is 16.8 Å². The fourth-order valence-electron chi connectivity index (χ4n) is 3.93. The number of benzene rings is 3. The molecule has 182 valence electrons. The Morgan fingerprint density at radius 2 is 1.74 bits per heavy atom. The van der Waals surface area contributed by atoms with E-state index in [1.807, 2.05) is 42.5 Å². The number of anilines is 1. The molecule has 0 saturated heterocycles. The number of nitrogens with zero attached hydrogens (tertiary/aromatic N) is 1. The van der Waals surface area contributed by atoms with E-state index < -0.39 is 0 Å². The molecule has 0 aliphatic carbocycles. The van der Waals surface area contributed by atoms with Gasteiger partial charge in [-0.3, -0.25) is 4.79 Å². The van der Waals surface area contributed by atoms with Crippen LogP contribution in [0.5, 0.6) is 5.75 Å². The Morgan fingerprint density at radius 3 is 2.46 bits per heavy atom. The first-order valence-electron chi connectivity index (χ1n) is 12.6. The molecule has 4 rings (SSSR count). The number of ether oxygens (including phenoxy) is 1. The summed E-state index contributed by atoms with van der Waals surface area (Å²) in [5, 5.41) is 2.94. The Kier molecular flexibility index (Phi) is 8.19. The topological polar surface area (TPSA) is 64.4 Å². The number of rotatable bonds is 11.